The molecule has 5 nitrogen and oxygen atoms in total. The average molecular weight is 434 g/mol. The molecule has 0 spiro atoms. The molecular formula is C21H21ClFN3O2S. The summed E-state index contributed by atoms with van der Waals surface area (Å²) in [4.78, 5) is 33.6. The first-order chi connectivity index (χ1) is 13.9. The molecule has 0 saturated heterocycles. The second-order valence-electron chi connectivity index (χ2n) is 7.41. The molecule has 0 N–H and O–H groups in total. The summed E-state index contributed by atoms with van der Waals surface area (Å²) < 4.78 is 15.7. The van der Waals surface area contributed by atoms with Crippen molar-refractivity contribution in [2.75, 3.05) is 0 Å². The number of carbonyl (C=O) groups excluding carboxylic acids is 1. The zero-order valence-corrected chi connectivity index (χ0v) is 17.8. The molecule has 2 heterocycles. The van der Waals surface area contributed by atoms with Gasteiger partial charge >= 0.3 is 0 Å². The summed E-state index contributed by atoms with van der Waals surface area (Å²) in [5.74, 6) is -0.526. The van der Waals surface area contributed by atoms with Crippen molar-refractivity contribution >= 4 is 39.1 Å². The van der Waals surface area contributed by atoms with Crippen LogP contribution >= 0.6 is 22.9 Å². The highest BCUT2D eigenvalue weighted by atomic mass is 35.5. The number of halogens is 2. The minimum Gasteiger partial charge on any atom is -0.335 e. The third-order valence-electron chi connectivity index (χ3n) is 5.42. The number of amides is 1. The molecule has 152 valence electrons. The number of benzene rings is 1. The summed E-state index contributed by atoms with van der Waals surface area (Å²) >= 11 is 7.64. The molecule has 1 amide bonds. The van der Waals surface area contributed by atoms with Crippen LogP contribution in [0.1, 0.15) is 35.3 Å². The van der Waals surface area contributed by atoms with E-state index >= 15 is 0 Å². The molecule has 0 atom stereocenters. The number of hydrogen-bond donors (Lipinski definition) is 0. The van der Waals surface area contributed by atoms with Gasteiger partial charge in [-0.3, -0.25) is 14.2 Å². The van der Waals surface area contributed by atoms with Gasteiger partial charge in [0, 0.05) is 34.5 Å². The third-order valence-corrected chi connectivity index (χ3v) is 6.89. The van der Waals surface area contributed by atoms with E-state index in [0.29, 0.717) is 16.0 Å². The first kappa shape index (κ1) is 20.0. The highest BCUT2D eigenvalue weighted by Crippen LogP contribution is 2.31. The van der Waals surface area contributed by atoms with Crippen molar-refractivity contribution in [3.8, 4) is 0 Å². The van der Waals surface area contributed by atoms with Gasteiger partial charge in [-0.05, 0) is 44.4 Å². The summed E-state index contributed by atoms with van der Waals surface area (Å²) in [6.07, 6.45) is 3.46. The fourth-order valence-electron chi connectivity index (χ4n) is 3.45. The lowest BCUT2D eigenvalue weighted by Crippen LogP contribution is -2.34. The molecule has 1 fully saturated rings. The Morgan fingerprint density at radius 2 is 2.14 bits per heavy atom. The largest absolute Gasteiger partial charge is 0.335 e. The second kappa shape index (κ2) is 7.88. The van der Waals surface area contributed by atoms with E-state index in [0.717, 1.165) is 28.1 Å². The Bertz CT molecular complexity index is 1130. The van der Waals surface area contributed by atoms with Crippen LogP contribution < -0.4 is 5.56 Å². The van der Waals surface area contributed by atoms with Crippen molar-refractivity contribution in [3.05, 3.63) is 61.7 Å². The van der Waals surface area contributed by atoms with Gasteiger partial charge in [0.1, 0.15) is 10.6 Å². The molecule has 8 heteroatoms. The molecule has 2 aromatic heterocycles. The summed E-state index contributed by atoms with van der Waals surface area (Å²) in [6, 6.07) is 4.63. The van der Waals surface area contributed by atoms with Gasteiger partial charge in [-0.25, -0.2) is 9.37 Å². The maximum absolute atomic E-state index is 14.2. The van der Waals surface area contributed by atoms with Gasteiger partial charge in [0.25, 0.3) is 5.56 Å². The summed E-state index contributed by atoms with van der Waals surface area (Å²) in [5, 5.41) is 0.942. The summed E-state index contributed by atoms with van der Waals surface area (Å²) in [6.45, 7) is 4.27. The van der Waals surface area contributed by atoms with Crippen molar-refractivity contribution in [1.29, 1.82) is 0 Å². The number of fused-ring (bicyclic) bond motifs is 1. The molecule has 0 radical (unpaired) electrons. The third kappa shape index (κ3) is 3.94. The van der Waals surface area contributed by atoms with E-state index < -0.39 is 5.82 Å². The fourth-order valence-corrected chi connectivity index (χ4v) is 4.66. The van der Waals surface area contributed by atoms with Crippen molar-refractivity contribution in [2.45, 2.75) is 52.2 Å². The molecule has 1 aliphatic carbocycles. The Hall–Kier alpha value is -2.25. The van der Waals surface area contributed by atoms with Gasteiger partial charge in [0.15, 0.2) is 0 Å². The van der Waals surface area contributed by atoms with Crippen molar-refractivity contribution in [1.82, 2.24) is 14.5 Å². The van der Waals surface area contributed by atoms with Crippen molar-refractivity contribution in [3.63, 3.8) is 0 Å². The molecular weight excluding hydrogens is 413 g/mol. The van der Waals surface area contributed by atoms with E-state index in [-0.39, 0.29) is 37.0 Å². The number of aryl methyl sites for hydroxylation is 3. The zero-order chi connectivity index (χ0) is 20.7. The molecule has 1 aromatic carbocycles. The Balaban J connectivity index is 1.52. The second-order valence-corrected chi connectivity index (χ2v) is 9.02. The lowest BCUT2D eigenvalue weighted by atomic mass is 10.2. The number of hydrogen-bond acceptors (Lipinski definition) is 4. The van der Waals surface area contributed by atoms with Crippen LogP contribution in [-0.4, -0.2) is 26.4 Å². The smallest absolute Gasteiger partial charge is 0.262 e. The predicted octanol–water partition coefficient (Wildman–Crippen LogP) is 4.45. The van der Waals surface area contributed by atoms with Crippen LogP contribution in [0, 0.1) is 19.7 Å². The topological polar surface area (TPSA) is 55.2 Å². The quantitative estimate of drug-likeness (QED) is 0.577. The molecule has 4 rings (SSSR count). The van der Waals surface area contributed by atoms with Crippen LogP contribution in [0.25, 0.3) is 10.2 Å². The first-order valence-corrected chi connectivity index (χ1v) is 10.7. The predicted molar refractivity (Wildman–Crippen MR) is 113 cm³/mol. The molecule has 1 saturated carbocycles. The molecule has 0 unspecified atom stereocenters. The minimum atomic E-state index is -0.412. The Morgan fingerprint density at radius 1 is 1.38 bits per heavy atom. The number of carbonyl (C=O) groups is 1. The normalized spacial score (nSPS) is 13.8. The summed E-state index contributed by atoms with van der Waals surface area (Å²) in [5.41, 5.74) is 1.15. The van der Waals surface area contributed by atoms with E-state index in [1.54, 1.807) is 17.0 Å². The van der Waals surface area contributed by atoms with Crippen LogP contribution in [0.5, 0.6) is 0 Å². The highest BCUT2D eigenvalue weighted by Gasteiger charge is 2.33. The maximum Gasteiger partial charge on any atom is 0.262 e. The van der Waals surface area contributed by atoms with Crippen LogP contribution in [-0.2, 0) is 17.9 Å². The standard InChI is InChI=1S/C21H21ClFN3O2S/c1-12-13(2)29-20-19(12)21(28)25(11-24-20)9-8-18(27)26(14-6-7-14)10-15-16(22)4-3-5-17(15)23/h3-5,11,14H,6-10H2,1-2H3. The molecule has 1 aliphatic rings. The minimum absolute atomic E-state index is 0.109. The van der Waals surface area contributed by atoms with Crippen molar-refractivity contribution in [2.24, 2.45) is 0 Å². The number of aromatic nitrogens is 2. The number of thiophene rings is 1. The molecule has 0 bridgehead atoms. The average Bonchev–Trinajstić information content (AvgIpc) is 3.47. The SMILES string of the molecule is Cc1sc2ncn(CCC(=O)N(Cc3c(F)cccc3Cl)C3CC3)c(=O)c2c1C. The van der Waals surface area contributed by atoms with E-state index in [4.69, 9.17) is 11.6 Å². The zero-order valence-electron chi connectivity index (χ0n) is 16.2. The van der Waals surface area contributed by atoms with Crippen molar-refractivity contribution < 1.29 is 9.18 Å². The maximum atomic E-state index is 14.2. The molecule has 3 aromatic rings. The Morgan fingerprint density at radius 3 is 2.83 bits per heavy atom. The van der Waals surface area contributed by atoms with E-state index in [1.807, 2.05) is 13.8 Å². The Labute approximate surface area is 176 Å². The van der Waals surface area contributed by atoms with Gasteiger partial charge in [-0.1, -0.05) is 17.7 Å². The highest BCUT2D eigenvalue weighted by molar-refractivity contribution is 7.18. The van der Waals surface area contributed by atoms with Crippen LogP contribution in [0.2, 0.25) is 5.02 Å². The lowest BCUT2D eigenvalue weighted by Gasteiger charge is -2.23. The number of rotatable bonds is 6. The van der Waals surface area contributed by atoms with Crippen LogP contribution in [0.3, 0.4) is 0 Å². The number of nitrogens with zero attached hydrogens (tertiary/aromatic N) is 3. The van der Waals surface area contributed by atoms with E-state index in [9.17, 15) is 14.0 Å². The fraction of sp³-hybridized carbons (Fsp3) is 0.381. The lowest BCUT2D eigenvalue weighted by molar-refractivity contribution is -0.132. The molecule has 0 aliphatic heterocycles. The Kier molecular flexibility index (Phi) is 5.44. The van der Waals surface area contributed by atoms with E-state index in [2.05, 4.69) is 4.98 Å². The van der Waals surface area contributed by atoms with Gasteiger partial charge in [0.2, 0.25) is 5.91 Å². The first-order valence-electron chi connectivity index (χ1n) is 9.54. The van der Waals surface area contributed by atoms with Gasteiger partial charge in [-0.2, -0.15) is 0 Å². The van der Waals surface area contributed by atoms with Gasteiger partial charge < -0.3 is 4.90 Å². The van der Waals surface area contributed by atoms with Crippen LogP contribution in [0.15, 0.2) is 29.3 Å². The van der Waals surface area contributed by atoms with Crippen LogP contribution in [0.4, 0.5) is 4.39 Å². The summed E-state index contributed by atoms with van der Waals surface area (Å²) in [7, 11) is 0. The monoisotopic (exact) mass is 433 g/mol. The van der Waals surface area contributed by atoms with E-state index in [1.165, 1.54) is 28.3 Å². The van der Waals surface area contributed by atoms with Gasteiger partial charge in [-0.15, -0.1) is 11.3 Å². The molecule has 29 heavy (non-hydrogen) atoms. The van der Waals surface area contributed by atoms with Gasteiger partial charge in [0.05, 0.1) is 18.3 Å².